The molecule has 1 N–H and O–H groups in total. The van der Waals surface area contributed by atoms with Crippen LogP contribution in [0.4, 0.5) is 18.9 Å². The van der Waals surface area contributed by atoms with Crippen molar-refractivity contribution in [2.45, 2.75) is 32.4 Å². The van der Waals surface area contributed by atoms with Crippen LogP contribution in [0.3, 0.4) is 0 Å². The number of nitrogens with one attached hydrogen (secondary N) is 1. The lowest BCUT2D eigenvalue weighted by molar-refractivity contribution is -0.137. The average molecular weight is 530 g/mol. The topological polar surface area (TPSA) is 68.5 Å². The van der Waals surface area contributed by atoms with Gasteiger partial charge in [0.15, 0.2) is 12.4 Å². The van der Waals surface area contributed by atoms with Gasteiger partial charge in [-0.05, 0) is 47.4 Å². The molecule has 0 saturated heterocycles. The molecule has 37 heavy (non-hydrogen) atoms. The van der Waals surface area contributed by atoms with E-state index in [2.05, 4.69) is 26.1 Å². The number of anilines is 1. The number of carbonyl (C=O) groups is 1. The number of alkyl halides is 3. The summed E-state index contributed by atoms with van der Waals surface area (Å²) in [4.78, 5) is 25.8. The zero-order chi connectivity index (χ0) is 27.0. The quantitative estimate of drug-likeness (QED) is 0.291. The molecule has 0 spiro atoms. The standard InChI is InChI=1S/C28H23ClF3NO4/c1-27(2,3)17-9-7-16(8-10-17)25-26(24(35)21-14-19(29)11-12-22(21)37-25)36-15-23(34)33-20-6-4-5-18(13-20)28(30,31)32/h4-14H,15H2,1-3H3,(H,33,34). The van der Waals surface area contributed by atoms with Gasteiger partial charge < -0.3 is 14.5 Å². The number of ether oxygens (including phenoxy) is 1. The summed E-state index contributed by atoms with van der Waals surface area (Å²) in [7, 11) is 0. The minimum absolute atomic E-state index is 0.0567. The van der Waals surface area contributed by atoms with Gasteiger partial charge in [-0.3, -0.25) is 9.59 Å². The zero-order valence-corrected chi connectivity index (χ0v) is 21.0. The highest BCUT2D eigenvalue weighted by Gasteiger charge is 2.30. The molecule has 192 valence electrons. The zero-order valence-electron chi connectivity index (χ0n) is 20.2. The lowest BCUT2D eigenvalue weighted by Crippen LogP contribution is -2.23. The van der Waals surface area contributed by atoms with Crippen LogP contribution in [0.5, 0.6) is 5.75 Å². The van der Waals surface area contributed by atoms with Crippen LogP contribution in [-0.2, 0) is 16.4 Å². The van der Waals surface area contributed by atoms with Crippen LogP contribution in [0.2, 0.25) is 5.02 Å². The molecule has 0 aliphatic rings. The van der Waals surface area contributed by atoms with Gasteiger partial charge >= 0.3 is 6.18 Å². The molecule has 9 heteroatoms. The maximum absolute atomic E-state index is 13.3. The van der Waals surface area contributed by atoms with E-state index in [-0.39, 0.29) is 33.6 Å². The van der Waals surface area contributed by atoms with Gasteiger partial charge in [0.1, 0.15) is 5.58 Å². The van der Waals surface area contributed by atoms with Crippen LogP contribution < -0.4 is 15.5 Å². The highest BCUT2D eigenvalue weighted by atomic mass is 35.5. The Kier molecular flexibility index (Phi) is 7.06. The van der Waals surface area contributed by atoms with E-state index in [1.807, 2.05) is 12.1 Å². The first kappa shape index (κ1) is 26.3. The SMILES string of the molecule is CC(C)(C)c1ccc(-c2oc3ccc(Cl)cc3c(=O)c2OCC(=O)Nc2cccc(C(F)(F)F)c2)cc1. The van der Waals surface area contributed by atoms with Crippen molar-refractivity contribution in [3.8, 4) is 17.1 Å². The first-order chi connectivity index (χ1) is 17.3. The fraction of sp³-hybridized carbons (Fsp3) is 0.214. The lowest BCUT2D eigenvalue weighted by Gasteiger charge is -2.19. The van der Waals surface area contributed by atoms with Gasteiger partial charge in [0.05, 0.1) is 10.9 Å². The molecule has 5 nitrogen and oxygen atoms in total. The Hall–Kier alpha value is -3.78. The molecular weight excluding hydrogens is 507 g/mol. The van der Waals surface area contributed by atoms with Crippen molar-refractivity contribution in [2.75, 3.05) is 11.9 Å². The Bertz CT molecular complexity index is 1520. The summed E-state index contributed by atoms with van der Waals surface area (Å²) < 4.78 is 50.6. The van der Waals surface area contributed by atoms with Crippen molar-refractivity contribution < 1.29 is 27.1 Å². The summed E-state index contributed by atoms with van der Waals surface area (Å²) >= 11 is 6.06. The monoisotopic (exact) mass is 529 g/mol. The molecule has 0 radical (unpaired) electrons. The summed E-state index contributed by atoms with van der Waals surface area (Å²) in [5.41, 5.74) is 0.304. The Morgan fingerprint density at radius 1 is 0.973 bits per heavy atom. The molecule has 1 amide bonds. The van der Waals surface area contributed by atoms with E-state index in [9.17, 15) is 22.8 Å². The van der Waals surface area contributed by atoms with Crippen molar-refractivity contribution in [1.29, 1.82) is 0 Å². The van der Waals surface area contributed by atoms with Crippen molar-refractivity contribution in [1.82, 2.24) is 0 Å². The van der Waals surface area contributed by atoms with Crippen LogP contribution in [0.25, 0.3) is 22.3 Å². The van der Waals surface area contributed by atoms with E-state index in [4.69, 9.17) is 20.8 Å². The Morgan fingerprint density at radius 2 is 1.68 bits per heavy atom. The largest absolute Gasteiger partial charge is 0.476 e. The summed E-state index contributed by atoms with van der Waals surface area (Å²) in [5, 5.41) is 2.83. The third-order valence-corrected chi connectivity index (χ3v) is 5.88. The molecule has 0 fully saturated rings. The minimum atomic E-state index is -4.56. The van der Waals surface area contributed by atoms with Crippen LogP contribution in [0.1, 0.15) is 31.9 Å². The lowest BCUT2D eigenvalue weighted by atomic mass is 9.86. The highest BCUT2D eigenvalue weighted by molar-refractivity contribution is 6.31. The molecule has 0 bridgehead atoms. The van der Waals surface area contributed by atoms with Gasteiger partial charge in [-0.1, -0.05) is 62.7 Å². The van der Waals surface area contributed by atoms with E-state index < -0.39 is 29.7 Å². The molecule has 0 atom stereocenters. The summed E-state index contributed by atoms with van der Waals surface area (Å²) in [6, 6.07) is 16.2. The molecule has 0 saturated carbocycles. The highest BCUT2D eigenvalue weighted by Crippen LogP contribution is 2.34. The molecule has 0 aliphatic carbocycles. The van der Waals surface area contributed by atoms with Crippen molar-refractivity contribution in [3.05, 3.63) is 93.1 Å². The van der Waals surface area contributed by atoms with Gasteiger partial charge in [0.2, 0.25) is 11.2 Å². The second kappa shape index (κ2) is 9.94. The van der Waals surface area contributed by atoms with Crippen LogP contribution in [0, 0.1) is 0 Å². The predicted molar refractivity (Wildman–Crippen MR) is 137 cm³/mol. The second-order valence-electron chi connectivity index (χ2n) is 9.47. The van der Waals surface area contributed by atoms with Crippen LogP contribution in [-0.4, -0.2) is 12.5 Å². The molecular formula is C28H23ClF3NO4. The smallest absolute Gasteiger partial charge is 0.416 e. The molecule has 1 aromatic heterocycles. The van der Waals surface area contributed by atoms with Crippen molar-refractivity contribution >= 4 is 34.2 Å². The predicted octanol–water partition coefficient (Wildman–Crippen LogP) is 7.45. The van der Waals surface area contributed by atoms with E-state index in [1.54, 1.807) is 24.3 Å². The maximum atomic E-state index is 13.3. The number of benzene rings is 3. The summed E-state index contributed by atoms with van der Waals surface area (Å²) in [5.74, 6) is -0.844. The number of fused-ring (bicyclic) bond motifs is 1. The van der Waals surface area contributed by atoms with E-state index in [1.165, 1.54) is 18.2 Å². The number of hydrogen-bond acceptors (Lipinski definition) is 4. The van der Waals surface area contributed by atoms with Gasteiger partial charge in [0.25, 0.3) is 5.91 Å². The van der Waals surface area contributed by atoms with Gasteiger partial charge in [-0.15, -0.1) is 0 Å². The number of carbonyl (C=O) groups excluding carboxylic acids is 1. The van der Waals surface area contributed by atoms with E-state index in [0.717, 1.165) is 17.7 Å². The van der Waals surface area contributed by atoms with Gasteiger partial charge in [0, 0.05) is 16.3 Å². The molecule has 4 aromatic rings. The third kappa shape index (κ3) is 5.97. The fourth-order valence-corrected chi connectivity index (χ4v) is 3.87. The van der Waals surface area contributed by atoms with Gasteiger partial charge in [-0.25, -0.2) is 0 Å². The van der Waals surface area contributed by atoms with Gasteiger partial charge in [-0.2, -0.15) is 13.2 Å². The number of amides is 1. The first-order valence-corrected chi connectivity index (χ1v) is 11.7. The van der Waals surface area contributed by atoms with Crippen LogP contribution in [0.15, 0.2) is 75.9 Å². The molecule has 3 aromatic carbocycles. The van der Waals surface area contributed by atoms with Crippen molar-refractivity contribution in [3.63, 3.8) is 0 Å². The molecule has 0 aliphatic heterocycles. The normalized spacial score (nSPS) is 12.0. The van der Waals surface area contributed by atoms with Crippen LogP contribution >= 0.6 is 11.6 Å². The summed E-state index contributed by atoms with van der Waals surface area (Å²) in [6.45, 7) is 5.57. The molecule has 4 rings (SSSR count). The second-order valence-corrected chi connectivity index (χ2v) is 9.91. The average Bonchev–Trinajstić information content (AvgIpc) is 2.83. The Morgan fingerprint density at radius 3 is 2.32 bits per heavy atom. The third-order valence-electron chi connectivity index (χ3n) is 5.65. The number of rotatable bonds is 5. The summed E-state index contributed by atoms with van der Waals surface area (Å²) in [6.07, 6.45) is -4.56. The van der Waals surface area contributed by atoms with E-state index in [0.29, 0.717) is 10.6 Å². The fourth-order valence-electron chi connectivity index (χ4n) is 3.70. The Labute approximate surface area is 215 Å². The maximum Gasteiger partial charge on any atom is 0.416 e. The number of hydrogen-bond donors (Lipinski definition) is 1. The minimum Gasteiger partial charge on any atom is -0.476 e. The Balaban J connectivity index is 1.67. The van der Waals surface area contributed by atoms with Crippen molar-refractivity contribution in [2.24, 2.45) is 0 Å². The van der Waals surface area contributed by atoms with E-state index >= 15 is 0 Å². The first-order valence-electron chi connectivity index (χ1n) is 11.3. The number of halogens is 4. The molecule has 0 unspecified atom stereocenters. The molecule has 1 heterocycles.